The first kappa shape index (κ1) is 13.7. The Kier molecular flexibility index (Phi) is 4.26. The van der Waals surface area contributed by atoms with Crippen molar-refractivity contribution in [2.75, 3.05) is 18.6 Å². The van der Waals surface area contributed by atoms with E-state index in [1.54, 1.807) is 0 Å². The molecule has 0 atom stereocenters. The number of nitrogens with one attached hydrogen (secondary N) is 1. The normalized spacial score (nSPS) is 13.9. The molecule has 0 aromatic carbocycles. The van der Waals surface area contributed by atoms with Gasteiger partial charge in [0, 0.05) is 6.04 Å². The zero-order chi connectivity index (χ0) is 13.8. The Morgan fingerprint density at radius 3 is 2.95 bits per heavy atom. The molecule has 1 heterocycles. The molecule has 0 saturated heterocycles. The van der Waals surface area contributed by atoms with Gasteiger partial charge in [-0.2, -0.15) is 0 Å². The molecule has 19 heavy (non-hydrogen) atoms. The molecule has 1 aliphatic rings. The summed E-state index contributed by atoms with van der Waals surface area (Å²) in [6, 6.07) is 1.83. The van der Waals surface area contributed by atoms with Crippen molar-refractivity contribution in [1.29, 1.82) is 0 Å². The van der Waals surface area contributed by atoms with Crippen LogP contribution in [0.4, 0.5) is 5.69 Å². The number of pyridine rings is 1. The van der Waals surface area contributed by atoms with Crippen LogP contribution in [0.1, 0.15) is 23.2 Å². The fourth-order valence-electron chi connectivity index (χ4n) is 1.47. The molecule has 0 aliphatic heterocycles. The topological polar surface area (TPSA) is 94.3 Å². The zero-order valence-corrected chi connectivity index (χ0v) is 11.3. The van der Waals surface area contributed by atoms with Crippen LogP contribution in [0.25, 0.3) is 0 Å². The molecule has 1 amide bonds. The van der Waals surface area contributed by atoms with E-state index in [9.17, 15) is 9.59 Å². The minimum atomic E-state index is -0.509. The molecule has 0 unspecified atom stereocenters. The summed E-state index contributed by atoms with van der Waals surface area (Å²) in [7, 11) is 1.29. The number of aromatic nitrogens is 1. The summed E-state index contributed by atoms with van der Waals surface area (Å²) in [5.74, 6) is -0.343. The lowest BCUT2D eigenvalue weighted by Crippen LogP contribution is -2.27. The largest absolute Gasteiger partial charge is 0.465 e. The van der Waals surface area contributed by atoms with Gasteiger partial charge in [0.15, 0.2) is 0 Å². The number of anilines is 1. The van der Waals surface area contributed by atoms with Crippen molar-refractivity contribution < 1.29 is 14.3 Å². The van der Waals surface area contributed by atoms with Crippen LogP contribution >= 0.6 is 11.8 Å². The molecule has 3 N–H and O–H groups in total. The highest BCUT2D eigenvalue weighted by Gasteiger charge is 2.23. The fraction of sp³-hybridized carbons (Fsp3) is 0.417. The predicted molar refractivity (Wildman–Crippen MR) is 71.9 cm³/mol. The van der Waals surface area contributed by atoms with Gasteiger partial charge in [0.25, 0.3) is 0 Å². The van der Waals surface area contributed by atoms with E-state index in [0.29, 0.717) is 16.8 Å². The first-order chi connectivity index (χ1) is 9.10. The molecular weight excluding hydrogens is 266 g/mol. The summed E-state index contributed by atoms with van der Waals surface area (Å²) < 4.78 is 4.66. The second-order valence-corrected chi connectivity index (χ2v) is 5.21. The Bertz CT molecular complexity index is 503. The summed E-state index contributed by atoms with van der Waals surface area (Å²) in [6.07, 6.45) is 3.54. The van der Waals surface area contributed by atoms with E-state index in [1.807, 2.05) is 0 Å². The third-order valence-electron chi connectivity index (χ3n) is 2.56. The van der Waals surface area contributed by atoms with Crippen LogP contribution in [0.5, 0.6) is 0 Å². The number of nitrogen functional groups attached to an aromatic ring is 1. The first-order valence-corrected chi connectivity index (χ1v) is 6.84. The molecule has 6 nitrogen and oxygen atoms in total. The second kappa shape index (κ2) is 5.92. The molecule has 0 spiro atoms. The van der Waals surface area contributed by atoms with Crippen LogP contribution in [0.3, 0.4) is 0 Å². The van der Waals surface area contributed by atoms with Gasteiger partial charge in [0.05, 0.1) is 30.3 Å². The monoisotopic (exact) mass is 281 g/mol. The molecule has 1 saturated carbocycles. The Balaban J connectivity index is 2.01. The summed E-state index contributed by atoms with van der Waals surface area (Å²) in [4.78, 5) is 27.2. The van der Waals surface area contributed by atoms with E-state index in [0.717, 1.165) is 12.8 Å². The highest BCUT2D eigenvalue weighted by molar-refractivity contribution is 8.00. The Morgan fingerprint density at radius 1 is 1.58 bits per heavy atom. The number of hydrogen-bond acceptors (Lipinski definition) is 6. The average Bonchev–Trinajstić information content (AvgIpc) is 3.20. The zero-order valence-electron chi connectivity index (χ0n) is 10.5. The maximum absolute atomic E-state index is 11.6. The lowest BCUT2D eigenvalue weighted by Gasteiger charge is -2.07. The van der Waals surface area contributed by atoms with Crippen LogP contribution in [0.2, 0.25) is 0 Å². The minimum Gasteiger partial charge on any atom is -0.465 e. The van der Waals surface area contributed by atoms with E-state index >= 15 is 0 Å². The lowest BCUT2D eigenvalue weighted by atomic mass is 10.3. The Labute approximate surface area is 115 Å². The maximum Gasteiger partial charge on any atom is 0.340 e. The van der Waals surface area contributed by atoms with Gasteiger partial charge in [-0.05, 0) is 18.9 Å². The van der Waals surface area contributed by atoms with Crippen molar-refractivity contribution in [2.24, 2.45) is 0 Å². The van der Waals surface area contributed by atoms with Gasteiger partial charge in [-0.3, -0.25) is 4.79 Å². The van der Waals surface area contributed by atoms with Crippen molar-refractivity contribution in [1.82, 2.24) is 10.3 Å². The minimum absolute atomic E-state index is 0.0538. The number of methoxy groups -OCH3 is 1. The summed E-state index contributed by atoms with van der Waals surface area (Å²) in [6.45, 7) is 0. The highest BCUT2D eigenvalue weighted by Crippen LogP contribution is 2.23. The number of nitrogens with two attached hydrogens (primary N) is 1. The van der Waals surface area contributed by atoms with E-state index in [1.165, 1.54) is 31.1 Å². The van der Waals surface area contributed by atoms with E-state index in [4.69, 9.17) is 5.73 Å². The number of nitrogens with zero attached hydrogens (tertiary/aromatic N) is 1. The number of carbonyl (C=O) groups is 2. The van der Waals surface area contributed by atoms with E-state index < -0.39 is 5.97 Å². The van der Waals surface area contributed by atoms with Gasteiger partial charge >= 0.3 is 5.97 Å². The average molecular weight is 281 g/mol. The number of esters is 1. The molecule has 2 rings (SSSR count). The van der Waals surface area contributed by atoms with Gasteiger partial charge in [-0.1, -0.05) is 11.8 Å². The van der Waals surface area contributed by atoms with Crippen LogP contribution < -0.4 is 11.1 Å². The molecule has 1 fully saturated rings. The highest BCUT2D eigenvalue weighted by atomic mass is 32.2. The number of thioether (sulfide) groups is 1. The SMILES string of the molecule is COC(=O)c1cc(N)cnc1SCC(=O)NC1CC1. The molecule has 1 aromatic heterocycles. The van der Waals surface area contributed by atoms with Crippen LogP contribution in [-0.4, -0.2) is 35.8 Å². The maximum atomic E-state index is 11.6. The Hall–Kier alpha value is -1.76. The van der Waals surface area contributed by atoms with Crippen molar-refractivity contribution in [3.05, 3.63) is 17.8 Å². The smallest absolute Gasteiger partial charge is 0.340 e. The second-order valence-electron chi connectivity index (χ2n) is 4.24. The molecular formula is C12H15N3O3S. The van der Waals surface area contributed by atoms with Gasteiger partial charge in [-0.15, -0.1) is 0 Å². The number of ether oxygens (including phenoxy) is 1. The third kappa shape index (κ3) is 3.85. The molecule has 7 heteroatoms. The number of amides is 1. The number of carbonyl (C=O) groups excluding carboxylic acids is 2. The molecule has 0 radical (unpaired) electrons. The molecule has 102 valence electrons. The summed E-state index contributed by atoms with van der Waals surface area (Å²) >= 11 is 1.20. The van der Waals surface area contributed by atoms with Gasteiger partial charge in [-0.25, -0.2) is 9.78 Å². The summed E-state index contributed by atoms with van der Waals surface area (Å²) in [5.41, 5.74) is 6.26. The standard InChI is InChI=1S/C12H15N3O3S/c1-18-12(17)9-4-7(13)5-14-11(9)19-6-10(16)15-8-2-3-8/h4-5,8H,2-3,6,13H2,1H3,(H,15,16). The predicted octanol–water partition coefficient (Wildman–Crippen LogP) is 0.821. The quantitative estimate of drug-likeness (QED) is 0.613. The lowest BCUT2D eigenvalue weighted by molar-refractivity contribution is -0.118. The van der Waals surface area contributed by atoms with Crippen molar-refractivity contribution in [3.8, 4) is 0 Å². The van der Waals surface area contributed by atoms with Crippen molar-refractivity contribution >= 4 is 29.3 Å². The van der Waals surface area contributed by atoms with Crippen LogP contribution in [0.15, 0.2) is 17.3 Å². The Morgan fingerprint density at radius 2 is 2.32 bits per heavy atom. The summed E-state index contributed by atoms with van der Waals surface area (Å²) in [5, 5.41) is 3.32. The van der Waals surface area contributed by atoms with Crippen LogP contribution in [0, 0.1) is 0 Å². The molecule has 0 bridgehead atoms. The van der Waals surface area contributed by atoms with E-state index in [2.05, 4.69) is 15.0 Å². The first-order valence-electron chi connectivity index (χ1n) is 5.86. The van der Waals surface area contributed by atoms with E-state index in [-0.39, 0.29) is 17.2 Å². The van der Waals surface area contributed by atoms with Crippen molar-refractivity contribution in [3.63, 3.8) is 0 Å². The number of hydrogen-bond donors (Lipinski definition) is 2. The van der Waals surface area contributed by atoms with Crippen molar-refractivity contribution in [2.45, 2.75) is 23.9 Å². The molecule has 1 aliphatic carbocycles. The van der Waals surface area contributed by atoms with Crippen LogP contribution in [-0.2, 0) is 9.53 Å². The number of rotatable bonds is 5. The third-order valence-corrected chi connectivity index (χ3v) is 3.57. The van der Waals surface area contributed by atoms with Gasteiger partial charge < -0.3 is 15.8 Å². The molecule has 1 aromatic rings. The van der Waals surface area contributed by atoms with Gasteiger partial charge in [0.1, 0.15) is 5.03 Å². The van der Waals surface area contributed by atoms with Gasteiger partial charge in [0.2, 0.25) is 5.91 Å². The fourth-order valence-corrected chi connectivity index (χ4v) is 2.25.